The fourth-order valence-electron chi connectivity index (χ4n) is 3.96. The average molecular weight is 382 g/mol. The lowest BCUT2D eigenvalue weighted by atomic mass is 9.77. The molecule has 1 aliphatic carbocycles. The van der Waals surface area contributed by atoms with Crippen molar-refractivity contribution in [2.75, 3.05) is 11.9 Å². The molecule has 0 aromatic heterocycles. The Bertz CT molecular complexity index is 966. The topological polar surface area (TPSA) is 88.2 Å². The van der Waals surface area contributed by atoms with Gasteiger partial charge in [0.2, 0.25) is 0 Å². The van der Waals surface area contributed by atoms with Crippen LogP contribution in [0.4, 0.5) is 11.4 Å². The van der Waals surface area contributed by atoms with Crippen molar-refractivity contribution in [1.82, 2.24) is 0 Å². The summed E-state index contributed by atoms with van der Waals surface area (Å²) in [5.41, 5.74) is 2.72. The van der Waals surface area contributed by atoms with Gasteiger partial charge in [0.1, 0.15) is 11.8 Å². The van der Waals surface area contributed by atoms with E-state index in [2.05, 4.69) is 17.5 Å². The van der Waals surface area contributed by atoms with Crippen LogP contribution in [0, 0.1) is 27.4 Å². The number of ether oxygens (including phenoxy) is 1. The van der Waals surface area contributed by atoms with Gasteiger partial charge >= 0.3 is 0 Å². The molecule has 2 aromatic rings. The van der Waals surface area contributed by atoms with Crippen molar-refractivity contribution >= 4 is 23.0 Å². The van der Waals surface area contributed by atoms with Crippen molar-refractivity contribution in [3.8, 4) is 11.8 Å². The maximum absolute atomic E-state index is 11.2. The lowest BCUT2D eigenvalue weighted by molar-refractivity contribution is -0.384. The quantitative estimate of drug-likeness (QED) is 0.458. The summed E-state index contributed by atoms with van der Waals surface area (Å²) < 4.78 is 5.32. The highest BCUT2D eigenvalue weighted by Crippen LogP contribution is 2.52. The third kappa shape index (κ3) is 3.11. The van der Waals surface area contributed by atoms with Gasteiger partial charge in [0.05, 0.1) is 21.7 Å². The standard InChI is InChI=1S/C20H16ClN3O3/c21-18-11-13(24(25)26)10-17-15-2-1-3-16(15)19(23-20(17)18)12-4-6-14(7-5-12)27-9-8-22/h1-2,4-7,10-11,15-16,19,23H,3,9H2/t15-,16+,19-/m0/s1. The van der Waals surface area contributed by atoms with Gasteiger partial charge in [0.15, 0.2) is 6.61 Å². The monoisotopic (exact) mass is 381 g/mol. The third-order valence-corrected chi connectivity index (χ3v) is 5.46. The fourth-order valence-corrected chi connectivity index (χ4v) is 4.24. The first kappa shape index (κ1) is 17.4. The van der Waals surface area contributed by atoms with Gasteiger partial charge in [-0.1, -0.05) is 35.9 Å². The van der Waals surface area contributed by atoms with Gasteiger partial charge in [-0.3, -0.25) is 10.1 Å². The average Bonchev–Trinajstić information content (AvgIpc) is 3.16. The minimum absolute atomic E-state index is 0.0112. The van der Waals surface area contributed by atoms with Crippen LogP contribution in [0.25, 0.3) is 0 Å². The number of nitrogens with one attached hydrogen (secondary N) is 1. The first-order valence-corrected chi connectivity index (χ1v) is 8.97. The van der Waals surface area contributed by atoms with Gasteiger partial charge in [-0.2, -0.15) is 5.26 Å². The minimum atomic E-state index is -0.411. The number of nitriles is 1. The molecule has 0 fully saturated rings. The molecule has 0 saturated carbocycles. The van der Waals surface area contributed by atoms with E-state index in [1.54, 1.807) is 6.07 Å². The number of hydrogen-bond donors (Lipinski definition) is 1. The lowest BCUT2D eigenvalue weighted by Gasteiger charge is -2.37. The number of nitrogens with zero attached hydrogens (tertiary/aromatic N) is 2. The highest BCUT2D eigenvalue weighted by atomic mass is 35.5. The fraction of sp³-hybridized carbons (Fsp3) is 0.250. The molecule has 1 N–H and O–H groups in total. The molecule has 27 heavy (non-hydrogen) atoms. The van der Waals surface area contributed by atoms with E-state index in [1.807, 2.05) is 30.3 Å². The molecule has 4 rings (SSSR count). The largest absolute Gasteiger partial charge is 0.479 e. The lowest BCUT2D eigenvalue weighted by Crippen LogP contribution is -2.29. The maximum Gasteiger partial charge on any atom is 0.271 e. The summed E-state index contributed by atoms with van der Waals surface area (Å²) in [6, 6.07) is 12.6. The Morgan fingerprint density at radius 3 is 2.81 bits per heavy atom. The second-order valence-corrected chi connectivity index (χ2v) is 7.05. The zero-order valence-electron chi connectivity index (χ0n) is 14.3. The zero-order chi connectivity index (χ0) is 19.0. The number of benzene rings is 2. The molecular formula is C20H16ClN3O3. The number of nitro groups is 1. The molecule has 1 aliphatic heterocycles. The van der Waals surface area contributed by atoms with Gasteiger partial charge in [0, 0.05) is 18.1 Å². The number of hydrogen-bond acceptors (Lipinski definition) is 5. The van der Waals surface area contributed by atoms with Gasteiger partial charge in [-0.15, -0.1) is 0 Å². The molecule has 3 atom stereocenters. The van der Waals surface area contributed by atoms with Crippen LogP contribution in [0.1, 0.15) is 29.5 Å². The summed E-state index contributed by atoms with van der Waals surface area (Å²) in [5, 5.41) is 23.7. The van der Waals surface area contributed by atoms with Crippen LogP contribution < -0.4 is 10.1 Å². The highest BCUT2D eigenvalue weighted by Gasteiger charge is 2.39. The predicted molar refractivity (Wildman–Crippen MR) is 102 cm³/mol. The summed E-state index contributed by atoms with van der Waals surface area (Å²) in [7, 11) is 0. The number of anilines is 1. The Labute approximate surface area is 161 Å². The molecular weight excluding hydrogens is 366 g/mol. The number of nitro benzene ring substituents is 1. The van der Waals surface area contributed by atoms with E-state index in [-0.39, 0.29) is 30.2 Å². The van der Waals surface area contributed by atoms with Crippen LogP contribution in [0.2, 0.25) is 5.02 Å². The normalized spacial score (nSPS) is 22.3. The molecule has 7 heteroatoms. The van der Waals surface area contributed by atoms with Crippen molar-refractivity contribution in [1.29, 1.82) is 5.26 Å². The molecule has 0 spiro atoms. The number of allylic oxidation sites excluding steroid dienone is 2. The summed E-state index contributed by atoms with van der Waals surface area (Å²) in [5.74, 6) is 0.978. The summed E-state index contributed by atoms with van der Waals surface area (Å²) in [6.45, 7) is 0.0113. The Hall–Kier alpha value is -3.04. The molecule has 0 unspecified atom stereocenters. The Morgan fingerprint density at radius 2 is 2.11 bits per heavy atom. The van der Waals surface area contributed by atoms with Crippen LogP contribution in [-0.4, -0.2) is 11.5 Å². The minimum Gasteiger partial charge on any atom is -0.479 e. The number of rotatable bonds is 4. The van der Waals surface area contributed by atoms with E-state index in [1.165, 1.54) is 6.07 Å². The maximum atomic E-state index is 11.2. The molecule has 2 aromatic carbocycles. The van der Waals surface area contributed by atoms with Crippen LogP contribution in [0.15, 0.2) is 48.6 Å². The molecule has 1 heterocycles. The highest BCUT2D eigenvalue weighted by molar-refractivity contribution is 6.33. The number of halogens is 1. The molecule has 0 radical (unpaired) electrons. The smallest absolute Gasteiger partial charge is 0.271 e. The molecule has 0 amide bonds. The predicted octanol–water partition coefficient (Wildman–Crippen LogP) is 4.98. The third-order valence-electron chi connectivity index (χ3n) is 5.16. The molecule has 0 bridgehead atoms. The zero-order valence-corrected chi connectivity index (χ0v) is 15.0. The second kappa shape index (κ2) is 6.93. The van der Waals surface area contributed by atoms with Gasteiger partial charge < -0.3 is 10.1 Å². The van der Waals surface area contributed by atoms with E-state index >= 15 is 0 Å². The summed E-state index contributed by atoms with van der Waals surface area (Å²) in [4.78, 5) is 10.8. The van der Waals surface area contributed by atoms with Gasteiger partial charge in [0.25, 0.3) is 5.69 Å². The van der Waals surface area contributed by atoms with E-state index in [4.69, 9.17) is 21.6 Å². The van der Waals surface area contributed by atoms with Crippen molar-refractivity contribution in [2.45, 2.75) is 18.4 Å². The van der Waals surface area contributed by atoms with E-state index in [0.717, 1.165) is 23.2 Å². The van der Waals surface area contributed by atoms with Crippen molar-refractivity contribution in [3.63, 3.8) is 0 Å². The Kier molecular flexibility index (Phi) is 4.46. The second-order valence-electron chi connectivity index (χ2n) is 6.64. The summed E-state index contributed by atoms with van der Waals surface area (Å²) >= 11 is 6.38. The molecule has 2 aliphatic rings. The molecule has 136 valence electrons. The summed E-state index contributed by atoms with van der Waals surface area (Å²) in [6.07, 6.45) is 5.12. The van der Waals surface area contributed by atoms with Crippen LogP contribution in [0.3, 0.4) is 0 Å². The first-order valence-electron chi connectivity index (χ1n) is 8.59. The number of non-ortho nitro benzene ring substituents is 1. The van der Waals surface area contributed by atoms with Crippen LogP contribution in [-0.2, 0) is 0 Å². The Balaban J connectivity index is 1.70. The number of fused-ring (bicyclic) bond motifs is 3. The van der Waals surface area contributed by atoms with Gasteiger partial charge in [-0.25, -0.2) is 0 Å². The van der Waals surface area contributed by atoms with Gasteiger partial charge in [-0.05, 0) is 35.6 Å². The Morgan fingerprint density at radius 1 is 1.33 bits per heavy atom. The van der Waals surface area contributed by atoms with E-state index in [0.29, 0.717) is 10.8 Å². The van der Waals surface area contributed by atoms with E-state index in [9.17, 15) is 10.1 Å². The van der Waals surface area contributed by atoms with Crippen LogP contribution in [0.5, 0.6) is 5.75 Å². The van der Waals surface area contributed by atoms with Crippen molar-refractivity contribution < 1.29 is 9.66 Å². The molecule has 6 nitrogen and oxygen atoms in total. The molecule has 0 saturated heterocycles. The van der Waals surface area contributed by atoms with E-state index < -0.39 is 4.92 Å². The van der Waals surface area contributed by atoms with Crippen LogP contribution >= 0.6 is 11.6 Å². The first-order chi connectivity index (χ1) is 13.1. The van der Waals surface area contributed by atoms with Crippen molar-refractivity contribution in [2.24, 2.45) is 5.92 Å². The SMILES string of the molecule is N#CCOc1ccc([C@@H]2Nc3c(Cl)cc([N+](=O)[O-])cc3[C@H]3C=CC[C@H]32)cc1. The van der Waals surface area contributed by atoms with Crippen molar-refractivity contribution in [3.05, 3.63) is 74.8 Å².